The molecule has 0 aromatic carbocycles. The average molecular weight is 304 g/mol. The molecule has 0 spiro atoms. The van der Waals surface area contributed by atoms with Gasteiger partial charge < -0.3 is 5.32 Å². The molecule has 0 atom stereocenters. The molecule has 4 fully saturated rings. The zero-order chi connectivity index (χ0) is 14.6. The van der Waals surface area contributed by atoms with Gasteiger partial charge in [0.2, 0.25) is 5.91 Å². The maximum absolute atomic E-state index is 12.7. The Morgan fingerprint density at radius 2 is 1.76 bits per heavy atom. The second-order valence-electron chi connectivity index (χ2n) is 7.04. The lowest BCUT2D eigenvalue weighted by molar-refractivity contribution is -0.132. The highest BCUT2D eigenvalue weighted by atomic mass is 32.1. The number of amides is 1. The van der Waals surface area contributed by atoms with Crippen molar-refractivity contribution in [2.24, 2.45) is 29.6 Å². The minimum atomic E-state index is -0.0543. The Morgan fingerprint density at radius 3 is 2.29 bits per heavy atom. The third-order valence-corrected chi connectivity index (χ3v) is 6.38. The molecule has 0 radical (unpaired) electrons. The molecule has 4 aliphatic rings. The molecule has 1 aromatic heterocycles. The van der Waals surface area contributed by atoms with Crippen molar-refractivity contribution in [3.05, 3.63) is 11.1 Å². The Bertz CT molecular complexity index is 567. The van der Waals surface area contributed by atoms with E-state index in [1.807, 2.05) is 0 Å². The molecule has 1 amide bonds. The van der Waals surface area contributed by atoms with Crippen LogP contribution in [0.5, 0.6) is 0 Å². The Kier molecular flexibility index (Phi) is 3.14. The van der Waals surface area contributed by atoms with Crippen molar-refractivity contribution >= 4 is 28.2 Å². The van der Waals surface area contributed by atoms with Crippen molar-refractivity contribution in [1.82, 2.24) is 4.98 Å². The number of hydrogen-bond donors (Lipinski definition) is 1. The number of carbonyl (C=O) groups excluding carboxylic acids is 2. The Labute approximate surface area is 128 Å². The van der Waals surface area contributed by atoms with E-state index in [4.69, 9.17) is 0 Å². The summed E-state index contributed by atoms with van der Waals surface area (Å²) in [5.74, 6) is 3.15. The van der Waals surface area contributed by atoms with E-state index in [1.54, 1.807) is 5.38 Å². The summed E-state index contributed by atoms with van der Waals surface area (Å²) in [6.45, 7) is 1.50. The molecule has 0 unspecified atom stereocenters. The molecule has 4 aliphatic carbocycles. The highest BCUT2D eigenvalue weighted by Gasteiger charge is 2.50. The number of nitrogens with one attached hydrogen (secondary N) is 1. The lowest BCUT2D eigenvalue weighted by Gasteiger charge is -2.53. The monoisotopic (exact) mass is 304 g/mol. The number of thiazole rings is 1. The molecule has 112 valence electrons. The van der Waals surface area contributed by atoms with Crippen molar-refractivity contribution in [3.8, 4) is 0 Å². The number of hydrogen-bond acceptors (Lipinski definition) is 4. The number of rotatable bonds is 3. The fourth-order valence-corrected chi connectivity index (χ4v) is 5.79. The van der Waals surface area contributed by atoms with Crippen LogP contribution in [0.3, 0.4) is 0 Å². The van der Waals surface area contributed by atoms with Gasteiger partial charge in [-0.25, -0.2) is 4.98 Å². The van der Waals surface area contributed by atoms with E-state index >= 15 is 0 Å². The van der Waals surface area contributed by atoms with Crippen molar-refractivity contribution in [1.29, 1.82) is 0 Å². The van der Waals surface area contributed by atoms with Gasteiger partial charge in [-0.2, -0.15) is 0 Å². The van der Waals surface area contributed by atoms with Crippen LogP contribution in [-0.4, -0.2) is 16.7 Å². The third-order valence-electron chi connectivity index (χ3n) is 5.62. The van der Waals surface area contributed by atoms with E-state index in [9.17, 15) is 9.59 Å². The van der Waals surface area contributed by atoms with Crippen molar-refractivity contribution in [2.45, 2.75) is 39.0 Å². The van der Waals surface area contributed by atoms with Crippen LogP contribution in [0.25, 0.3) is 0 Å². The summed E-state index contributed by atoms with van der Waals surface area (Å²) in [6.07, 6.45) is 6.35. The molecule has 4 saturated carbocycles. The smallest absolute Gasteiger partial charge is 0.229 e. The zero-order valence-corrected chi connectivity index (χ0v) is 13.0. The SMILES string of the molecule is CC(=O)c1csc(NC(=O)C2C3CC4CC(C3)CC2C4)n1. The molecule has 5 heteroatoms. The van der Waals surface area contributed by atoms with Crippen LogP contribution in [0.4, 0.5) is 5.13 Å². The van der Waals surface area contributed by atoms with E-state index in [-0.39, 0.29) is 17.6 Å². The van der Waals surface area contributed by atoms with Crippen LogP contribution < -0.4 is 5.32 Å². The van der Waals surface area contributed by atoms with Crippen LogP contribution in [0, 0.1) is 29.6 Å². The van der Waals surface area contributed by atoms with E-state index in [0.717, 1.165) is 11.8 Å². The van der Waals surface area contributed by atoms with Crippen molar-refractivity contribution in [2.75, 3.05) is 5.32 Å². The van der Waals surface area contributed by atoms with Crippen LogP contribution in [0.1, 0.15) is 49.5 Å². The lowest BCUT2D eigenvalue weighted by Crippen LogP contribution is -2.49. The lowest BCUT2D eigenvalue weighted by atomic mass is 9.51. The van der Waals surface area contributed by atoms with Crippen LogP contribution in [0.15, 0.2) is 5.38 Å². The molecule has 5 rings (SSSR count). The Hall–Kier alpha value is -1.23. The molecule has 1 aromatic rings. The van der Waals surface area contributed by atoms with E-state index in [1.165, 1.54) is 50.4 Å². The van der Waals surface area contributed by atoms with Gasteiger partial charge in [-0.15, -0.1) is 11.3 Å². The highest BCUT2D eigenvalue weighted by molar-refractivity contribution is 7.14. The minimum Gasteiger partial charge on any atom is -0.302 e. The molecule has 4 nitrogen and oxygen atoms in total. The molecule has 1 N–H and O–H groups in total. The topological polar surface area (TPSA) is 59.1 Å². The van der Waals surface area contributed by atoms with Crippen LogP contribution in [0.2, 0.25) is 0 Å². The normalized spacial score (nSPS) is 36.7. The average Bonchev–Trinajstić information content (AvgIpc) is 2.86. The number of nitrogens with zero attached hydrogens (tertiary/aromatic N) is 1. The minimum absolute atomic E-state index is 0.0543. The second kappa shape index (κ2) is 4.90. The number of anilines is 1. The summed E-state index contributed by atoms with van der Waals surface area (Å²) in [6, 6.07) is 0. The molecular weight excluding hydrogens is 284 g/mol. The number of ketones is 1. The summed E-state index contributed by atoms with van der Waals surface area (Å²) >= 11 is 1.34. The number of aromatic nitrogens is 1. The summed E-state index contributed by atoms with van der Waals surface area (Å²) < 4.78 is 0. The van der Waals surface area contributed by atoms with Crippen molar-refractivity contribution in [3.63, 3.8) is 0 Å². The predicted molar refractivity (Wildman–Crippen MR) is 81.3 cm³/mol. The van der Waals surface area contributed by atoms with Gasteiger partial charge in [-0.3, -0.25) is 9.59 Å². The molecule has 4 bridgehead atoms. The largest absolute Gasteiger partial charge is 0.302 e. The zero-order valence-electron chi connectivity index (χ0n) is 12.2. The highest BCUT2D eigenvalue weighted by Crippen LogP contribution is 2.56. The van der Waals surface area contributed by atoms with Gasteiger partial charge in [0.25, 0.3) is 0 Å². The van der Waals surface area contributed by atoms with Gasteiger partial charge in [-0.05, 0) is 55.8 Å². The van der Waals surface area contributed by atoms with Crippen LogP contribution >= 0.6 is 11.3 Å². The van der Waals surface area contributed by atoms with Crippen molar-refractivity contribution < 1.29 is 9.59 Å². The van der Waals surface area contributed by atoms with Gasteiger partial charge in [0.05, 0.1) is 0 Å². The number of Topliss-reactive ketones (excluding diaryl/α,β-unsaturated/α-hetero) is 1. The van der Waals surface area contributed by atoms with E-state index in [2.05, 4.69) is 10.3 Å². The summed E-state index contributed by atoms with van der Waals surface area (Å²) in [7, 11) is 0. The summed E-state index contributed by atoms with van der Waals surface area (Å²) in [5.41, 5.74) is 0.445. The van der Waals surface area contributed by atoms with Gasteiger partial charge >= 0.3 is 0 Å². The maximum Gasteiger partial charge on any atom is 0.229 e. The Balaban J connectivity index is 1.48. The molecule has 0 saturated heterocycles. The predicted octanol–water partition coefficient (Wildman–Crippen LogP) is 3.36. The third kappa shape index (κ3) is 2.31. The second-order valence-corrected chi connectivity index (χ2v) is 7.90. The first-order valence-corrected chi connectivity index (χ1v) is 8.75. The van der Waals surface area contributed by atoms with E-state index in [0.29, 0.717) is 22.7 Å². The van der Waals surface area contributed by atoms with Gasteiger partial charge in [0.15, 0.2) is 10.9 Å². The van der Waals surface area contributed by atoms with Gasteiger partial charge in [0, 0.05) is 18.2 Å². The fourth-order valence-electron chi connectivity index (χ4n) is 5.03. The molecule has 21 heavy (non-hydrogen) atoms. The summed E-state index contributed by atoms with van der Waals surface area (Å²) in [4.78, 5) is 28.1. The maximum atomic E-state index is 12.7. The standard InChI is InChI=1S/C16H20N2O2S/c1-8(19)13-7-21-16(17-13)18-15(20)14-11-3-9-2-10(5-11)6-12(14)4-9/h7,9-12,14H,2-6H2,1H3,(H,17,18,20). The number of carbonyl (C=O) groups is 2. The Morgan fingerprint density at radius 1 is 1.14 bits per heavy atom. The molecule has 1 heterocycles. The van der Waals surface area contributed by atoms with E-state index < -0.39 is 0 Å². The fraction of sp³-hybridized carbons (Fsp3) is 0.688. The first kappa shape index (κ1) is 13.4. The molecular formula is C16H20N2O2S. The van der Waals surface area contributed by atoms with Gasteiger partial charge in [0.1, 0.15) is 5.69 Å². The summed E-state index contributed by atoms with van der Waals surface area (Å²) in [5, 5.41) is 5.25. The van der Waals surface area contributed by atoms with Gasteiger partial charge in [-0.1, -0.05) is 0 Å². The first-order chi connectivity index (χ1) is 10.1. The first-order valence-electron chi connectivity index (χ1n) is 7.87. The molecule has 0 aliphatic heterocycles. The quantitative estimate of drug-likeness (QED) is 0.871. The van der Waals surface area contributed by atoms with Crippen LogP contribution in [-0.2, 0) is 4.79 Å².